The molecule has 3 aromatic rings. The van der Waals surface area contributed by atoms with Gasteiger partial charge in [0.05, 0.1) is 23.3 Å². The number of aromatic nitrogens is 3. The second-order valence-electron chi connectivity index (χ2n) is 13.6. The van der Waals surface area contributed by atoms with Gasteiger partial charge in [-0.25, -0.2) is 14.8 Å². The molecule has 0 unspecified atom stereocenters. The van der Waals surface area contributed by atoms with Crippen LogP contribution in [-0.2, 0) is 17.6 Å². The Morgan fingerprint density at radius 3 is 2.33 bits per heavy atom. The molecule has 2 fully saturated rings. The van der Waals surface area contributed by atoms with Crippen molar-refractivity contribution in [1.29, 1.82) is 0 Å². The van der Waals surface area contributed by atoms with Gasteiger partial charge in [0.2, 0.25) is 0 Å². The number of benzene rings is 1. The van der Waals surface area contributed by atoms with Crippen molar-refractivity contribution >= 4 is 31.1 Å². The number of hydrogen-bond donors (Lipinski definition) is 3. The summed E-state index contributed by atoms with van der Waals surface area (Å²) in [4.78, 5) is 33.9. The van der Waals surface area contributed by atoms with E-state index in [0.717, 1.165) is 31.0 Å². The monoisotopic (exact) mass is 661 g/mol. The fraction of sp³-hybridized carbons (Fsp3) is 0.562. The normalized spacial score (nSPS) is 18.8. The highest BCUT2D eigenvalue weighted by Crippen LogP contribution is 2.41. The van der Waals surface area contributed by atoms with Gasteiger partial charge in [-0.2, -0.15) is 13.2 Å². The van der Waals surface area contributed by atoms with E-state index < -0.39 is 25.9 Å². The van der Waals surface area contributed by atoms with Crippen LogP contribution in [0.3, 0.4) is 0 Å². The molecule has 0 bridgehead atoms. The molecule has 0 aliphatic heterocycles. The average molecular weight is 662 g/mol. The summed E-state index contributed by atoms with van der Waals surface area (Å²) in [7, 11) is -1.41. The highest BCUT2D eigenvalue weighted by atomic mass is 28.3. The number of carbonyl (C=O) groups is 2. The van der Waals surface area contributed by atoms with Crippen LogP contribution in [0.25, 0.3) is 22.3 Å². The van der Waals surface area contributed by atoms with Crippen LogP contribution in [-0.4, -0.2) is 65.0 Å². The lowest BCUT2D eigenvalue weighted by molar-refractivity contribution is -0.137. The lowest BCUT2D eigenvalue weighted by Gasteiger charge is -2.28. The van der Waals surface area contributed by atoms with E-state index in [9.17, 15) is 22.8 Å². The van der Waals surface area contributed by atoms with E-state index in [0.29, 0.717) is 67.1 Å². The number of carbonyl (C=O) groups excluding carboxylic acids is 1. The molecular formula is C32H42F3N5O5Si. The Kier molecular flexibility index (Phi) is 9.97. The highest BCUT2D eigenvalue weighted by molar-refractivity contribution is 6.76. The maximum Gasteiger partial charge on any atom is 0.416 e. The first-order chi connectivity index (χ1) is 21.7. The number of hydrogen-bond acceptors (Lipinski definition) is 6. The van der Waals surface area contributed by atoms with E-state index in [1.165, 1.54) is 12.4 Å². The molecule has 0 spiro atoms. The third-order valence-corrected chi connectivity index (χ3v) is 10.4. The summed E-state index contributed by atoms with van der Waals surface area (Å²) >= 11 is 0. The summed E-state index contributed by atoms with van der Waals surface area (Å²) in [6, 6.07) is 3.97. The summed E-state index contributed by atoms with van der Waals surface area (Å²) in [6.45, 7) is 9.43. The van der Waals surface area contributed by atoms with Crippen molar-refractivity contribution in [2.75, 3.05) is 13.2 Å². The molecule has 2 heterocycles. The van der Waals surface area contributed by atoms with Crippen LogP contribution in [0.15, 0.2) is 24.5 Å². The van der Waals surface area contributed by atoms with Crippen LogP contribution in [0, 0.1) is 12.8 Å². The van der Waals surface area contributed by atoms with Crippen LogP contribution in [0.5, 0.6) is 5.75 Å². The van der Waals surface area contributed by atoms with E-state index >= 15 is 0 Å². The molecule has 0 saturated heterocycles. The molecule has 0 atom stereocenters. The van der Waals surface area contributed by atoms with Crippen molar-refractivity contribution in [1.82, 2.24) is 25.2 Å². The van der Waals surface area contributed by atoms with Gasteiger partial charge in [0.1, 0.15) is 30.0 Å². The van der Waals surface area contributed by atoms with Gasteiger partial charge in [0.15, 0.2) is 0 Å². The molecule has 14 heteroatoms. The standard InChI is InChI=1S/C32H42F3N5O5Si/c1-19-26(30(41)38-22-8-10-23(11-9-22)39-31(42)43)28-29(40(19)18-44-13-14-46(2,3)4)27(36-17-37-28)24-15-21(32(33,34)35)7-12-25(24)45-16-20-5-6-20/h7,12,15,17,20,22-23,39H,5-6,8-11,13-14,16,18H2,1-4H3,(H,38,41)(H,42,43)/t22-,23-. The smallest absolute Gasteiger partial charge is 0.416 e. The molecule has 2 aliphatic rings. The number of carboxylic acid groups (broad SMARTS) is 1. The first kappa shape index (κ1) is 33.7. The van der Waals surface area contributed by atoms with Crippen molar-refractivity contribution in [3.8, 4) is 17.0 Å². The van der Waals surface area contributed by atoms with E-state index in [-0.39, 0.29) is 41.7 Å². The molecule has 5 rings (SSSR count). The fourth-order valence-corrected chi connectivity index (χ4v) is 6.54. The van der Waals surface area contributed by atoms with Crippen molar-refractivity contribution < 1.29 is 37.3 Å². The van der Waals surface area contributed by atoms with Gasteiger partial charge in [0, 0.05) is 38.0 Å². The molecule has 2 aromatic heterocycles. The van der Waals surface area contributed by atoms with Crippen molar-refractivity contribution in [2.24, 2.45) is 5.92 Å². The zero-order valence-electron chi connectivity index (χ0n) is 26.7. The van der Waals surface area contributed by atoms with Gasteiger partial charge in [-0.3, -0.25) is 4.79 Å². The summed E-state index contributed by atoms with van der Waals surface area (Å²) in [5.74, 6) is 0.288. The Bertz CT molecular complexity index is 1580. The maximum atomic E-state index is 13.9. The minimum absolute atomic E-state index is 0.0592. The number of fused-ring (bicyclic) bond motifs is 1. The number of nitrogens with one attached hydrogen (secondary N) is 2. The molecule has 2 aliphatic carbocycles. The van der Waals surface area contributed by atoms with E-state index in [1.807, 2.05) is 0 Å². The van der Waals surface area contributed by atoms with Crippen LogP contribution in [0.1, 0.15) is 60.1 Å². The first-order valence-electron chi connectivity index (χ1n) is 15.8. The van der Waals surface area contributed by atoms with Gasteiger partial charge in [-0.1, -0.05) is 19.6 Å². The first-order valence-corrected chi connectivity index (χ1v) is 19.5. The zero-order valence-corrected chi connectivity index (χ0v) is 27.7. The minimum Gasteiger partial charge on any atom is -0.493 e. The van der Waals surface area contributed by atoms with Crippen LogP contribution < -0.4 is 15.4 Å². The Morgan fingerprint density at radius 2 is 1.72 bits per heavy atom. The third-order valence-electron chi connectivity index (χ3n) is 8.66. The largest absolute Gasteiger partial charge is 0.493 e. The molecule has 46 heavy (non-hydrogen) atoms. The highest BCUT2D eigenvalue weighted by Gasteiger charge is 2.34. The number of rotatable bonds is 12. The number of nitrogens with zero attached hydrogens (tertiary/aromatic N) is 3. The molecule has 250 valence electrons. The van der Waals surface area contributed by atoms with Crippen molar-refractivity contribution in [3.05, 3.63) is 41.3 Å². The van der Waals surface area contributed by atoms with Gasteiger partial charge in [-0.15, -0.1) is 0 Å². The SMILES string of the molecule is Cc1c(C(=O)N[C@H]2CC[C@H](NC(=O)O)CC2)c2ncnc(-c3cc(C(F)(F)F)ccc3OCC3CC3)c2n1COCC[Si](C)(C)C. The Balaban J connectivity index is 1.54. The minimum atomic E-state index is -4.59. The van der Waals surface area contributed by atoms with Gasteiger partial charge in [-0.05, 0) is 75.6 Å². The molecule has 1 aromatic carbocycles. The van der Waals surface area contributed by atoms with E-state index in [2.05, 4.69) is 40.2 Å². The predicted octanol–water partition coefficient (Wildman–Crippen LogP) is 6.84. The number of halogens is 3. The molecule has 3 N–H and O–H groups in total. The number of alkyl halides is 3. The van der Waals surface area contributed by atoms with E-state index in [1.54, 1.807) is 11.5 Å². The molecule has 0 radical (unpaired) electrons. The molecule has 10 nitrogen and oxygen atoms in total. The summed E-state index contributed by atoms with van der Waals surface area (Å²) in [5, 5.41) is 14.6. The average Bonchev–Trinajstić information content (AvgIpc) is 3.76. The van der Waals surface area contributed by atoms with E-state index in [4.69, 9.17) is 14.6 Å². The fourth-order valence-electron chi connectivity index (χ4n) is 5.78. The summed E-state index contributed by atoms with van der Waals surface area (Å²) < 4.78 is 55.7. The van der Waals surface area contributed by atoms with Crippen LogP contribution >= 0.6 is 0 Å². The lowest BCUT2D eigenvalue weighted by atomic mass is 9.91. The van der Waals surface area contributed by atoms with Crippen LogP contribution in [0.4, 0.5) is 18.0 Å². The van der Waals surface area contributed by atoms with Crippen LogP contribution in [0.2, 0.25) is 25.7 Å². The molecular weight excluding hydrogens is 619 g/mol. The van der Waals surface area contributed by atoms with Crippen molar-refractivity contribution in [2.45, 2.75) is 96.1 Å². The Hall–Kier alpha value is -3.65. The topological polar surface area (TPSA) is 128 Å². The Labute approximate surface area is 267 Å². The van der Waals surface area contributed by atoms with Gasteiger partial charge in [0.25, 0.3) is 5.91 Å². The number of amides is 2. The summed E-state index contributed by atoms with van der Waals surface area (Å²) in [5.41, 5.74) is 1.10. The molecule has 2 saturated carbocycles. The Morgan fingerprint density at radius 1 is 1.04 bits per heavy atom. The lowest BCUT2D eigenvalue weighted by Crippen LogP contribution is -2.43. The number of ether oxygens (including phenoxy) is 2. The molecule has 2 amide bonds. The second kappa shape index (κ2) is 13.6. The third kappa shape index (κ3) is 8.19. The van der Waals surface area contributed by atoms with Gasteiger partial charge >= 0.3 is 12.3 Å². The second-order valence-corrected chi connectivity index (χ2v) is 19.2. The van der Waals surface area contributed by atoms with Gasteiger partial charge < -0.3 is 29.8 Å². The predicted molar refractivity (Wildman–Crippen MR) is 170 cm³/mol. The zero-order chi connectivity index (χ0) is 33.2. The quantitative estimate of drug-likeness (QED) is 0.143. The maximum absolute atomic E-state index is 13.9. The summed E-state index contributed by atoms with van der Waals surface area (Å²) in [6.07, 6.45) is 0.0150. The van der Waals surface area contributed by atoms with Crippen molar-refractivity contribution in [3.63, 3.8) is 0 Å².